The number of hydrogen-bond donors (Lipinski definition) is 1. The topological polar surface area (TPSA) is 26.0 Å². The molecule has 0 spiro atoms. The Hall–Kier alpha value is -0.670. The average Bonchev–Trinajstić information content (AvgIpc) is 2.14. The third-order valence-corrected chi connectivity index (χ3v) is 2.94. The predicted octanol–water partition coefficient (Wildman–Crippen LogP) is 3.94. The molecule has 0 aliphatic rings. The predicted molar refractivity (Wildman–Crippen MR) is 65.1 cm³/mol. The maximum atomic E-state index is 13.5. The first kappa shape index (κ1) is 12.4. The zero-order valence-electron chi connectivity index (χ0n) is 8.76. The van der Waals surface area contributed by atoms with E-state index in [0.717, 1.165) is 22.9 Å². The van der Waals surface area contributed by atoms with Crippen LogP contribution in [0.4, 0.5) is 4.39 Å². The van der Waals surface area contributed by atoms with E-state index in [-0.39, 0.29) is 11.9 Å². The highest BCUT2D eigenvalue weighted by Gasteiger charge is 2.14. The summed E-state index contributed by atoms with van der Waals surface area (Å²) in [5.41, 5.74) is 7.56. The number of benzene rings is 1. The molecule has 0 saturated carbocycles. The Morgan fingerprint density at radius 2 is 2.27 bits per heavy atom. The van der Waals surface area contributed by atoms with Gasteiger partial charge in [0.15, 0.2) is 0 Å². The largest absolute Gasteiger partial charge is 0.324 e. The Morgan fingerprint density at radius 1 is 1.60 bits per heavy atom. The molecular formula is C12H15BrFN. The van der Waals surface area contributed by atoms with Crippen LogP contribution in [0.5, 0.6) is 0 Å². The highest BCUT2D eigenvalue weighted by Crippen LogP contribution is 2.28. The van der Waals surface area contributed by atoms with Crippen LogP contribution in [0.25, 0.3) is 0 Å². The molecule has 3 heteroatoms. The molecule has 1 nitrogen and oxygen atoms in total. The number of hydrogen-bond acceptors (Lipinski definition) is 1. The monoisotopic (exact) mass is 271 g/mol. The van der Waals surface area contributed by atoms with Crippen molar-refractivity contribution >= 4 is 15.9 Å². The number of allylic oxidation sites excluding steroid dienone is 1. The fourth-order valence-electron chi connectivity index (χ4n) is 1.41. The molecule has 1 rings (SSSR count). The van der Waals surface area contributed by atoms with E-state index < -0.39 is 0 Å². The Morgan fingerprint density at radius 3 is 2.80 bits per heavy atom. The molecule has 0 amide bonds. The third-order valence-electron chi connectivity index (χ3n) is 2.25. The molecule has 0 aromatic heterocycles. The lowest BCUT2D eigenvalue weighted by Gasteiger charge is -2.14. The van der Waals surface area contributed by atoms with Gasteiger partial charge >= 0.3 is 0 Å². The van der Waals surface area contributed by atoms with Gasteiger partial charge in [0.1, 0.15) is 5.82 Å². The molecule has 0 aliphatic carbocycles. The molecule has 2 N–H and O–H groups in total. The molecule has 15 heavy (non-hydrogen) atoms. The fourth-order valence-corrected chi connectivity index (χ4v) is 2.05. The van der Waals surface area contributed by atoms with E-state index in [9.17, 15) is 4.39 Å². The summed E-state index contributed by atoms with van der Waals surface area (Å²) >= 11 is 3.31. The molecule has 0 heterocycles. The Labute approximate surface area is 98.3 Å². The highest BCUT2D eigenvalue weighted by molar-refractivity contribution is 9.10. The Kier molecular flexibility index (Phi) is 4.48. The standard InChI is InChI=1S/C12H15BrFN/c1-8(2)6-7-11(15)12-9(13)4-3-5-10(12)14/h3-5,11H,1,6-7,15H2,2H3. The molecule has 0 aliphatic heterocycles. The quantitative estimate of drug-likeness (QED) is 0.825. The maximum absolute atomic E-state index is 13.5. The lowest BCUT2D eigenvalue weighted by molar-refractivity contribution is 0.561. The second-order valence-electron chi connectivity index (χ2n) is 3.74. The number of nitrogens with two attached hydrogens (primary N) is 1. The number of halogens is 2. The van der Waals surface area contributed by atoms with Crippen LogP contribution in [0.2, 0.25) is 0 Å². The molecule has 1 unspecified atom stereocenters. The highest BCUT2D eigenvalue weighted by atomic mass is 79.9. The average molecular weight is 272 g/mol. The van der Waals surface area contributed by atoms with Gasteiger partial charge in [0.25, 0.3) is 0 Å². The van der Waals surface area contributed by atoms with Crippen molar-refractivity contribution in [1.82, 2.24) is 0 Å². The molecule has 1 aromatic carbocycles. The van der Waals surface area contributed by atoms with E-state index in [1.54, 1.807) is 12.1 Å². The van der Waals surface area contributed by atoms with Gasteiger partial charge in [-0.1, -0.05) is 27.6 Å². The normalized spacial score (nSPS) is 12.5. The van der Waals surface area contributed by atoms with Gasteiger partial charge in [-0.05, 0) is 31.9 Å². The second-order valence-corrected chi connectivity index (χ2v) is 4.59. The maximum Gasteiger partial charge on any atom is 0.129 e. The first-order valence-electron chi connectivity index (χ1n) is 4.86. The zero-order chi connectivity index (χ0) is 11.4. The first-order valence-corrected chi connectivity index (χ1v) is 5.65. The van der Waals surface area contributed by atoms with Crippen LogP contribution >= 0.6 is 15.9 Å². The van der Waals surface area contributed by atoms with Crippen molar-refractivity contribution in [2.45, 2.75) is 25.8 Å². The number of rotatable bonds is 4. The Bertz CT molecular complexity index is 342. The van der Waals surface area contributed by atoms with Gasteiger partial charge in [0, 0.05) is 16.1 Å². The van der Waals surface area contributed by atoms with Crippen LogP contribution in [-0.4, -0.2) is 0 Å². The van der Waals surface area contributed by atoms with Gasteiger partial charge in [0.05, 0.1) is 0 Å². The van der Waals surface area contributed by atoms with Crippen LogP contribution < -0.4 is 5.73 Å². The van der Waals surface area contributed by atoms with Crippen molar-refractivity contribution in [3.05, 3.63) is 46.2 Å². The van der Waals surface area contributed by atoms with E-state index in [2.05, 4.69) is 22.5 Å². The minimum absolute atomic E-state index is 0.251. The molecule has 0 saturated heterocycles. The van der Waals surface area contributed by atoms with Crippen molar-refractivity contribution in [2.75, 3.05) is 0 Å². The summed E-state index contributed by atoms with van der Waals surface area (Å²) in [5.74, 6) is -0.251. The Balaban J connectivity index is 2.81. The minimum Gasteiger partial charge on any atom is -0.324 e. The van der Waals surface area contributed by atoms with Crippen molar-refractivity contribution < 1.29 is 4.39 Å². The summed E-state index contributed by atoms with van der Waals surface area (Å²) in [7, 11) is 0. The molecule has 1 aromatic rings. The molecular weight excluding hydrogens is 257 g/mol. The summed E-state index contributed by atoms with van der Waals surface area (Å²) in [4.78, 5) is 0. The van der Waals surface area contributed by atoms with Crippen molar-refractivity contribution in [3.63, 3.8) is 0 Å². The van der Waals surface area contributed by atoms with Crippen molar-refractivity contribution in [3.8, 4) is 0 Å². The van der Waals surface area contributed by atoms with Gasteiger partial charge < -0.3 is 5.73 Å². The SMILES string of the molecule is C=C(C)CCC(N)c1c(F)cccc1Br. The zero-order valence-corrected chi connectivity index (χ0v) is 10.3. The molecule has 0 radical (unpaired) electrons. The lowest BCUT2D eigenvalue weighted by Crippen LogP contribution is -2.12. The third kappa shape index (κ3) is 3.43. The summed E-state index contributed by atoms with van der Waals surface area (Å²) in [5, 5.41) is 0. The van der Waals surface area contributed by atoms with Crippen molar-refractivity contribution in [2.24, 2.45) is 5.73 Å². The summed E-state index contributed by atoms with van der Waals surface area (Å²) in [6.07, 6.45) is 1.54. The van der Waals surface area contributed by atoms with E-state index in [0.29, 0.717) is 5.56 Å². The fraction of sp³-hybridized carbons (Fsp3) is 0.333. The van der Waals surface area contributed by atoms with Crippen LogP contribution in [0.1, 0.15) is 31.4 Å². The first-order chi connectivity index (χ1) is 7.02. The molecule has 82 valence electrons. The smallest absolute Gasteiger partial charge is 0.129 e. The van der Waals surface area contributed by atoms with E-state index in [1.807, 2.05) is 6.92 Å². The van der Waals surface area contributed by atoms with Crippen LogP contribution in [0.15, 0.2) is 34.8 Å². The van der Waals surface area contributed by atoms with Crippen LogP contribution in [-0.2, 0) is 0 Å². The minimum atomic E-state index is -0.280. The molecule has 1 atom stereocenters. The van der Waals surface area contributed by atoms with E-state index in [4.69, 9.17) is 5.73 Å². The van der Waals surface area contributed by atoms with Gasteiger partial charge in [-0.15, -0.1) is 6.58 Å². The van der Waals surface area contributed by atoms with Crippen LogP contribution in [0.3, 0.4) is 0 Å². The summed E-state index contributed by atoms with van der Waals surface area (Å²) < 4.78 is 14.2. The summed E-state index contributed by atoms with van der Waals surface area (Å²) in [6.45, 7) is 5.75. The van der Waals surface area contributed by atoms with Gasteiger partial charge in [0.2, 0.25) is 0 Å². The van der Waals surface area contributed by atoms with Gasteiger partial charge in [-0.2, -0.15) is 0 Å². The van der Waals surface area contributed by atoms with Crippen molar-refractivity contribution in [1.29, 1.82) is 0 Å². The van der Waals surface area contributed by atoms with Crippen LogP contribution in [0, 0.1) is 5.82 Å². The lowest BCUT2D eigenvalue weighted by atomic mass is 10.0. The molecule has 0 bridgehead atoms. The second kappa shape index (κ2) is 5.42. The van der Waals surface area contributed by atoms with E-state index >= 15 is 0 Å². The van der Waals surface area contributed by atoms with E-state index in [1.165, 1.54) is 6.07 Å². The van der Waals surface area contributed by atoms with Gasteiger partial charge in [-0.3, -0.25) is 0 Å². The molecule has 0 fully saturated rings. The van der Waals surface area contributed by atoms with Gasteiger partial charge in [-0.25, -0.2) is 4.39 Å². The summed E-state index contributed by atoms with van der Waals surface area (Å²) in [6, 6.07) is 4.62.